The van der Waals surface area contributed by atoms with Crippen LogP contribution in [0.3, 0.4) is 0 Å². The molecule has 0 saturated heterocycles. The Hall–Kier alpha value is -0.260. The minimum atomic E-state index is 0.356. The van der Waals surface area contributed by atoms with Gasteiger partial charge in [-0.3, -0.25) is 0 Å². The van der Waals surface area contributed by atoms with Crippen LogP contribution in [-0.2, 0) is 0 Å². The van der Waals surface area contributed by atoms with Gasteiger partial charge in [-0.25, -0.2) is 0 Å². The first kappa shape index (κ1) is 15.7. The highest BCUT2D eigenvalue weighted by molar-refractivity contribution is 5.08. The first-order valence-electron chi connectivity index (χ1n) is 6.83. The zero-order valence-electron chi connectivity index (χ0n) is 12.8. The molecule has 0 heterocycles. The van der Waals surface area contributed by atoms with Crippen molar-refractivity contribution in [2.45, 2.75) is 74.7 Å². The molecule has 16 heavy (non-hydrogen) atoms. The molecule has 0 aromatic heterocycles. The van der Waals surface area contributed by atoms with Crippen LogP contribution in [0.2, 0.25) is 0 Å². The molecule has 0 spiro atoms. The van der Waals surface area contributed by atoms with E-state index in [0.29, 0.717) is 16.7 Å². The predicted octanol–water partition coefficient (Wildman–Crippen LogP) is 5.83. The Bertz CT molecular complexity index is 230. The second-order valence-electron chi connectivity index (χ2n) is 6.85. The van der Waals surface area contributed by atoms with Crippen LogP contribution >= 0.6 is 0 Å². The van der Waals surface area contributed by atoms with E-state index < -0.39 is 0 Å². The monoisotopic (exact) mass is 224 g/mol. The highest BCUT2D eigenvalue weighted by atomic mass is 14.3. The van der Waals surface area contributed by atoms with Gasteiger partial charge in [-0.2, -0.15) is 0 Å². The van der Waals surface area contributed by atoms with Crippen molar-refractivity contribution in [3.8, 4) is 0 Å². The fourth-order valence-corrected chi connectivity index (χ4v) is 1.99. The zero-order valence-corrected chi connectivity index (χ0v) is 12.8. The van der Waals surface area contributed by atoms with Crippen LogP contribution in [0, 0.1) is 16.7 Å². The quantitative estimate of drug-likeness (QED) is 0.498. The molecule has 0 nitrogen and oxygen atoms in total. The first-order valence-corrected chi connectivity index (χ1v) is 6.83. The molecule has 0 fully saturated rings. The van der Waals surface area contributed by atoms with Crippen molar-refractivity contribution >= 4 is 0 Å². The van der Waals surface area contributed by atoms with Crippen molar-refractivity contribution in [1.82, 2.24) is 0 Å². The minimum Gasteiger partial charge on any atom is -0.0797 e. The third-order valence-corrected chi connectivity index (χ3v) is 4.12. The summed E-state index contributed by atoms with van der Waals surface area (Å²) in [5, 5.41) is 0. The minimum absolute atomic E-state index is 0.356. The van der Waals surface area contributed by atoms with Crippen molar-refractivity contribution in [2.24, 2.45) is 16.7 Å². The smallest absolute Gasteiger partial charge is 0.0175 e. The summed E-state index contributed by atoms with van der Waals surface area (Å²) >= 11 is 0. The van der Waals surface area contributed by atoms with Gasteiger partial charge >= 0.3 is 0 Å². The third-order valence-electron chi connectivity index (χ3n) is 4.12. The van der Waals surface area contributed by atoms with E-state index in [1.54, 1.807) is 5.57 Å². The van der Waals surface area contributed by atoms with Gasteiger partial charge in [0.2, 0.25) is 0 Å². The van der Waals surface area contributed by atoms with Crippen molar-refractivity contribution in [3.63, 3.8) is 0 Å². The maximum absolute atomic E-state index is 2.48. The van der Waals surface area contributed by atoms with Gasteiger partial charge in [-0.1, -0.05) is 66.5 Å². The zero-order chi connectivity index (χ0) is 13.0. The van der Waals surface area contributed by atoms with E-state index in [-0.39, 0.29) is 0 Å². The average Bonchev–Trinajstić information content (AvgIpc) is 2.16. The second kappa shape index (κ2) is 5.89. The molecule has 0 aliphatic rings. The lowest BCUT2D eigenvalue weighted by atomic mass is 9.77. The SMILES string of the molecule is CCC(C)(C)/C=C(\C)C(C)CC(C)(C)CC. The summed E-state index contributed by atoms with van der Waals surface area (Å²) in [6.45, 7) is 18.6. The molecule has 1 atom stereocenters. The van der Waals surface area contributed by atoms with Crippen molar-refractivity contribution in [3.05, 3.63) is 11.6 Å². The lowest BCUT2D eigenvalue weighted by Crippen LogP contribution is -2.16. The topological polar surface area (TPSA) is 0 Å². The molecule has 0 aromatic carbocycles. The lowest BCUT2D eigenvalue weighted by Gasteiger charge is -2.29. The normalized spacial score (nSPS) is 16.4. The molecular weight excluding hydrogens is 192 g/mol. The molecule has 0 heteroatoms. The van der Waals surface area contributed by atoms with E-state index >= 15 is 0 Å². The Morgan fingerprint density at radius 1 is 1.06 bits per heavy atom. The Labute approximate surface area is 104 Å². The molecule has 0 saturated carbocycles. The molecular formula is C16H32. The standard InChI is InChI=1S/C16H32/c1-9-15(5,6)11-13(3)14(4)12-16(7,8)10-2/h11,14H,9-10,12H2,1-8H3/b13-11+. The van der Waals surface area contributed by atoms with E-state index in [0.717, 1.165) is 0 Å². The number of hydrogen-bond donors (Lipinski definition) is 0. The van der Waals surface area contributed by atoms with E-state index in [1.165, 1.54) is 19.3 Å². The fourth-order valence-electron chi connectivity index (χ4n) is 1.99. The number of hydrogen-bond acceptors (Lipinski definition) is 0. The summed E-state index contributed by atoms with van der Waals surface area (Å²) in [7, 11) is 0. The number of rotatable bonds is 6. The molecule has 0 N–H and O–H groups in total. The summed E-state index contributed by atoms with van der Waals surface area (Å²) in [5.41, 5.74) is 2.40. The van der Waals surface area contributed by atoms with E-state index in [2.05, 4.69) is 61.5 Å². The fraction of sp³-hybridized carbons (Fsp3) is 0.875. The van der Waals surface area contributed by atoms with Crippen LogP contribution < -0.4 is 0 Å². The summed E-state index contributed by atoms with van der Waals surface area (Å²) in [6, 6.07) is 0. The first-order chi connectivity index (χ1) is 7.13. The summed E-state index contributed by atoms with van der Waals surface area (Å²) in [5.74, 6) is 0.709. The van der Waals surface area contributed by atoms with Crippen LogP contribution in [0.5, 0.6) is 0 Å². The van der Waals surface area contributed by atoms with Crippen LogP contribution in [0.25, 0.3) is 0 Å². The average molecular weight is 224 g/mol. The van der Waals surface area contributed by atoms with Gasteiger partial charge in [0.25, 0.3) is 0 Å². The van der Waals surface area contributed by atoms with Crippen LogP contribution in [0.4, 0.5) is 0 Å². The highest BCUT2D eigenvalue weighted by Crippen LogP contribution is 2.34. The van der Waals surface area contributed by atoms with Gasteiger partial charge in [0.05, 0.1) is 0 Å². The molecule has 0 aliphatic heterocycles. The van der Waals surface area contributed by atoms with Gasteiger partial charge in [0.1, 0.15) is 0 Å². The van der Waals surface area contributed by atoms with E-state index in [9.17, 15) is 0 Å². The van der Waals surface area contributed by atoms with Gasteiger partial charge < -0.3 is 0 Å². The molecule has 0 aromatic rings. The summed E-state index contributed by atoms with van der Waals surface area (Å²) in [6.07, 6.45) is 6.26. The maximum Gasteiger partial charge on any atom is -0.0175 e. The van der Waals surface area contributed by atoms with Crippen molar-refractivity contribution < 1.29 is 0 Å². The number of allylic oxidation sites excluding steroid dienone is 2. The third kappa shape index (κ3) is 5.72. The molecule has 0 rings (SSSR count). The Kier molecular flexibility index (Phi) is 5.79. The summed E-state index contributed by atoms with van der Waals surface area (Å²) in [4.78, 5) is 0. The van der Waals surface area contributed by atoms with E-state index in [1.807, 2.05) is 0 Å². The molecule has 0 amide bonds. The Morgan fingerprint density at radius 2 is 1.56 bits per heavy atom. The maximum atomic E-state index is 2.48. The Balaban J connectivity index is 4.56. The van der Waals surface area contributed by atoms with Gasteiger partial charge in [-0.15, -0.1) is 0 Å². The Morgan fingerprint density at radius 3 is 1.94 bits per heavy atom. The van der Waals surface area contributed by atoms with Crippen molar-refractivity contribution in [2.75, 3.05) is 0 Å². The van der Waals surface area contributed by atoms with Gasteiger partial charge in [0, 0.05) is 0 Å². The molecule has 96 valence electrons. The highest BCUT2D eigenvalue weighted by Gasteiger charge is 2.21. The van der Waals surface area contributed by atoms with Crippen LogP contribution in [0.15, 0.2) is 11.6 Å². The van der Waals surface area contributed by atoms with E-state index in [4.69, 9.17) is 0 Å². The second-order valence-corrected chi connectivity index (χ2v) is 6.85. The van der Waals surface area contributed by atoms with Gasteiger partial charge in [0.15, 0.2) is 0 Å². The molecule has 1 unspecified atom stereocenters. The largest absolute Gasteiger partial charge is 0.0797 e. The summed E-state index contributed by atoms with van der Waals surface area (Å²) < 4.78 is 0. The van der Waals surface area contributed by atoms with Crippen LogP contribution in [-0.4, -0.2) is 0 Å². The van der Waals surface area contributed by atoms with Gasteiger partial charge in [-0.05, 0) is 36.5 Å². The molecule has 0 bridgehead atoms. The van der Waals surface area contributed by atoms with Crippen molar-refractivity contribution in [1.29, 1.82) is 0 Å². The molecule has 0 radical (unpaired) electrons. The lowest BCUT2D eigenvalue weighted by molar-refractivity contribution is 0.282. The predicted molar refractivity (Wildman–Crippen MR) is 75.7 cm³/mol. The molecule has 0 aliphatic carbocycles. The van der Waals surface area contributed by atoms with Crippen LogP contribution in [0.1, 0.15) is 74.7 Å².